The highest BCUT2D eigenvalue weighted by Crippen LogP contribution is 2.29. The van der Waals surface area contributed by atoms with Crippen molar-refractivity contribution in [2.24, 2.45) is 0 Å². The molecule has 0 aliphatic heterocycles. The Morgan fingerprint density at radius 1 is 1.02 bits per heavy atom. The van der Waals surface area contributed by atoms with Crippen LogP contribution in [0, 0.1) is 5.82 Å². The fourth-order valence-corrected chi connectivity index (χ4v) is 4.00. The van der Waals surface area contributed by atoms with Gasteiger partial charge in [0.2, 0.25) is 11.8 Å². The number of benzene rings is 3. The molecular weight excluding hydrogens is 586 g/mol. The van der Waals surface area contributed by atoms with Crippen LogP contribution in [0.15, 0.2) is 72.9 Å². The fourth-order valence-electron chi connectivity index (χ4n) is 4.00. The van der Waals surface area contributed by atoms with Gasteiger partial charge in [-0.05, 0) is 72.5 Å². The van der Waals surface area contributed by atoms with Crippen LogP contribution in [-0.2, 0) is 20.9 Å². The number of rotatable bonds is 9. The summed E-state index contributed by atoms with van der Waals surface area (Å²) in [4.78, 5) is 37.8. The lowest BCUT2D eigenvalue weighted by Gasteiger charge is -2.22. The topological polar surface area (TPSA) is 156 Å². The highest BCUT2D eigenvalue weighted by molar-refractivity contribution is 5.94. The second-order valence-electron chi connectivity index (χ2n) is 9.23. The number of aromatic nitrogens is 1. The first-order valence-corrected chi connectivity index (χ1v) is 13.1. The Labute approximate surface area is 249 Å². The second-order valence-corrected chi connectivity index (χ2v) is 9.23. The summed E-state index contributed by atoms with van der Waals surface area (Å²) >= 11 is 0. The number of alkyl halides is 3. The third-order valence-electron chi connectivity index (χ3n) is 5.91. The van der Waals surface area contributed by atoms with Gasteiger partial charge in [0.15, 0.2) is 0 Å². The van der Waals surface area contributed by atoms with Gasteiger partial charge in [-0.3, -0.25) is 9.59 Å². The number of halogens is 4. The fraction of sp³-hybridized carbons (Fsp3) is 0.200. The van der Waals surface area contributed by atoms with E-state index in [0.717, 1.165) is 16.3 Å². The normalized spacial score (nSPS) is 11.5. The molecule has 4 rings (SSSR count). The molecule has 0 spiro atoms. The van der Waals surface area contributed by atoms with Gasteiger partial charge in [-0.1, -0.05) is 12.1 Å². The lowest BCUT2D eigenvalue weighted by Crippen LogP contribution is -2.33. The summed E-state index contributed by atoms with van der Waals surface area (Å²) in [6.45, 7) is 3.83. The monoisotopic (exact) mass is 615 g/mol. The molecule has 10 nitrogen and oxygen atoms in total. The van der Waals surface area contributed by atoms with Crippen molar-refractivity contribution in [2.45, 2.75) is 32.6 Å². The molecule has 1 unspecified atom stereocenters. The minimum absolute atomic E-state index is 0.143. The van der Waals surface area contributed by atoms with Gasteiger partial charge in [0.05, 0.1) is 6.61 Å². The molecule has 1 heterocycles. The zero-order chi connectivity index (χ0) is 32.4. The number of carbonyl (C=O) groups excluding carboxylic acids is 2. The molecule has 0 aliphatic carbocycles. The van der Waals surface area contributed by atoms with Crippen LogP contribution in [-0.4, -0.2) is 40.7 Å². The molecule has 44 heavy (non-hydrogen) atoms. The number of hydrogen-bond donors (Lipinski definition) is 5. The Bertz CT molecular complexity index is 1650. The minimum Gasteiger partial charge on any atom is -0.494 e. The van der Waals surface area contributed by atoms with E-state index < -0.39 is 29.9 Å². The largest absolute Gasteiger partial charge is 0.494 e. The molecule has 14 heteroatoms. The van der Waals surface area contributed by atoms with Crippen molar-refractivity contribution in [3.8, 4) is 5.75 Å². The van der Waals surface area contributed by atoms with Crippen molar-refractivity contribution in [1.29, 1.82) is 0 Å². The first-order valence-electron chi connectivity index (χ1n) is 13.1. The van der Waals surface area contributed by atoms with E-state index in [1.165, 1.54) is 25.1 Å². The number of ether oxygens (including phenoxy) is 1. The van der Waals surface area contributed by atoms with E-state index >= 15 is 4.39 Å². The molecule has 0 radical (unpaired) electrons. The molecule has 0 saturated heterocycles. The van der Waals surface area contributed by atoms with Crippen molar-refractivity contribution >= 4 is 45.7 Å². The molecule has 2 amide bonds. The van der Waals surface area contributed by atoms with Gasteiger partial charge in [0.25, 0.3) is 0 Å². The standard InChI is InChI=1S/C28H28FN5O3.C2HF3O2/c1-3-37-22-8-10-25(29)24(15-22)26(34-21-7-9-23-19(14-21)11-12-31-27(23)30)28(36)32-16-18-5-4-6-20(13-18)33-17(2)35;3-2(4,5)1(6)7/h4-15,26,34H,3,16H2,1-2H3,(H2,30,31)(H,32,36)(H,33,35);(H,6,7). The first-order chi connectivity index (χ1) is 20.8. The first kappa shape index (κ1) is 33.1. The highest BCUT2D eigenvalue weighted by Gasteiger charge is 2.38. The average Bonchev–Trinajstić information content (AvgIpc) is 2.96. The molecule has 232 valence electrons. The van der Waals surface area contributed by atoms with Gasteiger partial charge in [0.1, 0.15) is 23.4 Å². The summed E-state index contributed by atoms with van der Waals surface area (Å²) < 4.78 is 52.3. The zero-order valence-corrected chi connectivity index (χ0v) is 23.5. The van der Waals surface area contributed by atoms with Crippen molar-refractivity contribution < 1.29 is 41.8 Å². The molecule has 0 aliphatic rings. The number of hydrogen-bond acceptors (Lipinski definition) is 7. The van der Waals surface area contributed by atoms with Crippen molar-refractivity contribution in [1.82, 2.24) is 10.3 Å². The Kier molecular flexibility index (Phi) is 11.0. The van der Waals surface area contributed by atoms with Gasteiger partial charge in [-0.2, -0.15) is 13.2 Å². The highest BCUT2D eigenvalue weighted by atomic mass is 19.4. The quantitative estimate of drug-likeness (QED) is 0.157. The maximum absolute atomic E-state index is 15.0. The summed E-state index contributed by atoms with van der Waals surface area (Å²) in [5, 5.41) is 17.5. The van der Waals surface area contributed by atoms with Crippen LogP contribution in [0.3, 0.4) is 0 Å². The number of nitrogen functional groups attached to an aromatic ring is 1. The van der Waals surface area contributed by atoms with E-state index in [1.807, 2.05) is 25.1 Å². The van der Waals surface area contributed by atoms with E-state index in [-0.39, 0.29) is 18.0 Å². The lowest BCUT2D eigenvalue weighted by atomic mass is 10.0. The maximum Gasteiger partial charge on any atom is 0.490 e. The summed E-state index contributed by atoms with van der Waals surface area (Å²) in [7, 11) is 0. The molecule has 0 fully saturated rings. The molecule has 1 aromatic heterocycles. The number of pyridine rings is 1. The predicted octanol–water partition coefficient (Wildman–Crippen LogP) is 5.42. The minimum atomic E-state index is -5.08. The van der Waals surface area contributed by atoms with E-state index in [1.54, 1.807) is 36.5 Å². The van der Waals surface area contributed by atoms with Crippen molar-refractivity contribution in [3.05, 3.63) is 89.9 Å². The van der Waals surface area contributed by atoms with Gasteiger partial charge >= 0.3 is 12.1 Å². The van der Waals surface area contributed by atoms with Gasteiger partial charge < -0.3 is 31.5 Å². The van der Waals surface area contributed by atoms with E-state index in [4.69, 9.17) is 20.4 Å². The van der Waals surface area contributed by atoms with Crippen LogP contribution in [0.25, 0.3) is 10.8 Å². The third-order valence-corrected chi connectivity index (χ3v) is 5.91. The summed E-state index contributed by atoms with van der Waals surface area (Å²) in [6.07, 6.45) is -3.48. The van der Waals surface area contributed by atoms with Crippen molar-refractivity contribution in [2.75, 3.05) is 23.0 Å². The molecule has 3 aromatic carbocycles. The molecule has 1 atom stereocenters. The van der Waals surface area contributed by atoms with Crippen LogP contribution in [0.5, 0.6) is 5.75 Å². The smallest absolute Gasteiger partial charge is 0.490 e. The molecule has 6 N–H and O–H groups in total. The van der Waals surface area contributed by atoms with E-state index in [9.17, 15) is 22.8 Å². The molecule has 0 saturated carbocycles. The third kappa shape index (κ3) is 9.31. The van der Waals surface area contributed by atoms with Crippen LogP contribution >= 0.6 is 0 Å². The van der Waals surface area contributed by atoms with Crippen LogP contribution in [0.4, 0.5) is 34.8 Å². The number of nitrogens with two attached hydrogens (primary N) is 1. The van der Waals surface area contributed by atoms with Crippen molar-refractivity contribution in [3.63, 3.8) is 0 Å². The number of carbonyl (C=O) groups is 3. The predicted molar refractivity (Wildman–Crippen MR) is 156 cm³/mol. The summed E-state index contributed by atoms with van der Waals surface area (Å²) in [5.41, 5.74) is 8.10. The van der Waals surface area contributed by atoms with Crippen LogP contribution in [0.1, 0.15) is 31.0 Å². The Morgan fingerprint density at radius 3 is 2.41 bits per heavy atom. The number of carboxylic acids is 1. The average molecular weight is 616 g/mol. The summed E-state index contributed by atoms with van der Waals surface area (Å²) in [6, 6.07) is 17.6. The van der Waals surface area contributed by atoms with E-state index in [0.29, 0.717) is 29.5 Å². The Hall–Kier alpha value is -5.40. The zero-order valence-electron chi connectivity index (χ0n) is 23.5. The second kappa shape index (κ2) is 14.7. The van der Waals surface area contributed by atoms with Crippen LogP contribution in [0.2, 0.25) is 0 Å². The molecular formula is C30H29F4N5O5. The number of anilines is 3. The summed E-state index contributed by atoms with van der Waals surface area (Å²) in [5.74, 6) is -3.07. The number of carboxylic acid groups (broad SMARTS) is 1. The Balaban J connectivity index is 0.000000676. The Morgan fingerprint density at radius 2 is 1.75 bits per heavy atom. The number of fused-ring (bicyclic) bond motifs is 1. The van der Waals surface area contributed by atoms with Gasteiger partial charge in [-0.15, -0.1) is 0 Å². The lowest BCUT2D eigenvalue weighted by molar-refractivity contribution is -0.192. The van der Waals surface area contributed by atoms with Gasteiger partial charge in [0, 0.05) is 42.0 Å². The molecule has 4 aromatic rings. The van der Waals surface area contributed by atoms with Gasteiger partial charge in [-0.25, -0.2) is 14.2 Å². The number of amides is 2. The number of nitrogens with one attached hydrogen (secondary N) is 3. The van der Waals surface area contributed by atoms with E-state index in [2.05, 4.69) is 20.9 Å². The molecule has 0 bridgehead atoms. The maximum atomic E-state index is 15.0. The SMILES string of the molecule is CCOc1ccc(F)c(C(Nc2ccc3c(N)nccc3c2)C(=O)NCc2cccc(NC(C)=O)c2)c1.O=C(O)C(F)(F)F. The van der Waals surface area contributed by atoms with Crippen LogP contribution < -0.4 is 26.4 Å². The number of aliphatic carboxylic acids is 1. The number of nitrogens with zero attached hydrogens (tertiary/aromatic N) is 1.